The second kappa shape index (κ2) is 6.88. The molecule has 2 aliphatic rings. The number of fused-ring (bicyclic) bond motifs is 1. The Morgan fingerprint density at radius 1 is 1.22 bits per heavy atom. The number of thiophene rings is 1. The van der Waals surface area contributed by atoms with Gasteiger partial charge in [-0.05, 0) is 37.3 Å². The number of benzene rings is 1. The summed E-state index contributed by atoms with van der Waals surface area (Å²) in [4.78, 5) is 14.1. The minimum atomic E-state index is 0.481. The Kier molecular flexibility index (Phi) is 4.37. The molecular formula is C22H26N4S. The van der Waals surface area contributed by atoms with Gasteiger partial charge in [0.05, 0.1) is 5.39 Å². The van der Waals surface area contributed by atoms with Crippen LogP contribution in [0.5, 0.6) is 0 Å². The van der Waals surface area contributed by atoms with Crippen LogP contribution in [0.3, 0.4) is 0 Å². The van der Waals surface area contributed by atoms with E-state index in [4.69, 9.17) is 0 Å². The first-order valence-corrected chi connectivity index (χ1v) is 10.8. The van der Waals surface area contributed by atoms with Gasteiger partial charge in [-0.3, -0.25) is 0 Å². The first-order valence-electron chi connectivity index (χ1n) is 10.0. The molecule has 5 heteroatoms. The van der Waals surface area contributed by atoms with Gasteiger partial charge in [0.25, 0.3) is 0 Å². The molecule has 1 saturated carbocycles. The molecule has 1 aliphatic carbocycles. The van der Waals surface area contributed by atoms with Gasteiger partial charge < -0.3 is 10.2 Å². The van der Waals surface area contributed by atoms with Crippen molar-refractivity contribution in [1.29, 1.82) is 0 Å². The molecule has 5 rings (SSSR count). The van der Waals surface area contributed by atoms with Crippen LogP contribution in [0.1, 0.15) is 36.6 Å². The van der Waals surface area contributed by atoms with E-state index >= 15 is 0 Å². The average Bonchev–Trinajstić information content (AvgIpc) is 3.30. The molecule has 3 heterocycles. The van der Waals surface area contributed by atoms with Crippen LogP contribution < -0.4 is 10.2 Å². The molecule has 1 N–H and O–H groups in total. The Labute approximate surface area is 164 Å². The lowest BCUT2D eigenvalue weighted by molar-refractivity contribution is 0.214. The van der Waals surface area contributed by atoms with E-state index in [1.54, 1.807) is 17.7 Å². The zero-order chi connectivity index (χ0) is 18.3. The molecule has 1 aromatic carbocycles. The molecule has 1 aliphatic heterocycles. The zero-order valence-corrected chi connectivity index (χ0v) is 16.6. The van der Waals surface area contributed by atoms with Gasteiger partial charge in [0.2, 0.25) is 0 Å². The summed E-state index contributed by atoms with van der Waals surface area (Å²) in [5.74, 6) is 1.14. The fourth-order valence-electron chi connectivity index (χ4n) is 4.76. The molecule has 2 aromatic heterocycles. The van der Waals surface area contributed by atoms with E-state index in [-0.39, 0.29) is 0 Å². The summed E-state index contributed by atoms with van der Waals surface area (Å²) in [6, 6.07) is 13.7. The molecule has 1 atom stereocenters. The van der Waals surface area contributed by atoms with Crippen molar-refractivity contribution in [2.24, 2.45) is 5.41 Å². The predicted octanol–water partition coefficient (Wildman–Crippen LogP) is 4.40. The summed E-state index contributed by atoms with van der Waals surface area (Å²) in [5, 5.41) is 5.02. The van der Waals surface area contributed by atoms with Gasteiger partial charge in [-0.25, -0.2) is 9.97 Å². The van der Waals surface area contributed by atoms with Gasteiger partial charge in [0.1, 0.15) is 17.0 Å². The highest BCUT2D eigenvalue weighted by Crippen LogP contribution is 2.48. The SMILES string of the molecule is CCc1cc2c(N3CC4(CC[C@H](NCc5ccccc5)C4)C3)ncnc2s1. The number of anilines is 1. The van der Waals surface area contributed by atoms with Gasteiger partial charge in [-0.15, -0.1) is 11.3 Å². The minimum absolute atomic E-state index is 0.481. The van der Waals surface area contributed by atoms with Gasteiger partial charge >= 0.3 is 0 Å². The lowest BCUT2D eigenvalue weighted by Gasteiger charge is -2.49. The van der Waals surface area contributed by atoms with Crippen molar-refractivity contribution in [3.8, 4) is 0 Å². The van der Waals surface area contributed by atoms with E-state index in [9.17, 15) is 0 Å². The maximum Gasteiger partial charge on any atom is 0.140 e. The summed E-state index contributed by atoms with van der Waals surface area (Å²) >= 11 is 1.80. The first kappa shape index (κ1) is 17.1. The largest absolute Gasteiger partial charge is 0.355 e. The van der Waals surface area contributed by atoms with Gasteiger partial charge in [0.15, 0.2) is 0 Å². The molecule has 2 fully saturated rings. The summed E-state index contributed by atoms with van der Waals surface area (Å²) in [7, 11) is 0. The summed E-state index contributed by atoms with van der Waals surface area (Å²) in [6.45, 7) is 5.46. The maximum atomic E-state index is 4.63. The quantitative estimate of drug-likeness (QED) is 0.714. The Hall–Kier alpha value is -1.98. The molecule has 0 amide bonds. The number of nitrogens with one attached hydrogen (secondary N) is 1. The van der Waals surface area contributed by atoms with E-state index in [0.29, 0.717) is 11.5 Å². The molecule has 0 bridgehead atoms. The molecule has 0 unspecified atom stereocenters. The van der Waals surface area contributed by atoms with Crippen molar-refractivity contribution < 1.29 is 0 Å². The van der Waals surface area contributed by atoms with E-state index in [1.807, 2.05) is 0 Å². The Morgan fingerprint density at radius 2 is 2.07 bits per heavy atom. The smallest absolute Gasteiger partial charge is 0.140 e. The fourth-order valence-corrected chi connectivity index (χ4v) is 5.69. The highest BCUT2D eigenvalue weighted by Gasteiger charge is 2.48. The fraction of sp³-hybridized carbons (Fsp3) is 0.455. The number of aromatic nitrogens is 2. The number of rotatable bonds is 5. The van der Waals surface area contributed by atoms with Crippen LogP contribution in [0.15, 0.2) is 42.7 Å². The normalized spacial score (nSPS) is 21.1. The monoisotopic (exact) mass is 378 g/mol. The number of hydrogen-bond donors (Lipinski definition) is 1. The minimum Gasteiger partial charge on any atom is -0.355 e. The van der Waals surface area contributed by atoms with E-state index < -0.39 is 0 Å². The average molecular weight is 379 g/mol. The standard InChI is InChI=1S/C22H26N4S/c1-2-18-10-19-20(24-15-25-21(19)27-18)26-13-22(14-26)9-8-17(11-22)23-12-16-6-4-3-5-7-16/h3-7,10,15,17,23H,2,8-9,11-14H2,1H3/t17-/m0/s1. The molecular weight excluding hydrogens is 352 g/mol. The van der Waals surface area contributed by atoms with Crippen LogP contribution in [-0.4, -0.2) is 29.1 Å². The van der Waals surface area contributed by atoms with Crippen LogP contribution in [0, 0.1) is 5.41 Å². The van der Waals surface area contributed by atoms with Gasteiger partial charge in [-0.1, -0.05) is 37.3 Å². The molecule has 1 spiro atoms. The van der Waals surface area contributed by atoms with E-state index in [0.717, 1.165) is 36.7 Å². The van der Waals surface area contributed by atoms with Crippen LogP contribution in [0.25, 0.3) is 10.2 Å². The van der Waals surface area contributed by atoms with Gasteiger partial charge in [0, 0.05) is 36.0 Å². The van der Waals surface area contributed by atoms with Crippen LogP contribution in [-0.2, 0) is 13.0 Å². The molecule has 1 saturated heterocycles. The van der Waals surface area contributed by atoms with Crippen LogP contribution in [0.2, 0.25) is 0 Å². The zero-order valence-electron chi connectivity index (χ0n) is 15.8. The van der Waals surface area contributed by atoms with Crippen LogP contribution in [0.4, 0.5) is 5.82 Å². The third kappa shape index (κ3) is 3.23. The number of nitrogens with zero attached hydrogens (tertiary/aromatic N) is 3. The molecule has 27 heavy (non-hydrogen) atoms. The van der Waals surface area contributed by atoms with Crippen molar-refractivity contribution in [2.45, 2.75) is 45.2 Å². The summed E-state index contributed by atoms with van der Waals surface area (Å²) in [5.41, 5.74) is 1.86. The lowest BCUT2D eigenvalue weighted by Crippen LogP contribution is -2.56. The highest BCUT2D eigenvalue weighted by atomic mass is 32.1. The third-order valence-corrected chi connectivity index (χ3v) is 7.39. The van der Waals surface area contributed by atoms with Crippen molar-refractivity contribution in [3.63, 3.8) is 0 Å². The van der Waals surface area contributed by atoms with Crippen molar-refractivity contribution in [2.75, 3.05) is 18.0 Å². The Morgan fingerprint density at radius 3 is 2.89 bits per heavy atom. The maximum absolute atomic E-state index is 4.63. The van der Waals surface area contributed by atoms with Crippen LogP contribution >= 0.6 is 11.3 Å². The number of hydrogen-bond acceptors (Lipinski definition) is 5. The summed E-state index contributed by atoms with van der Waals surface area (Å²) < 4.78 is 0. The summed E-state index contributed by atoms with van der Waals surface area (Å²) in [6.07, 6.45) is 6.71. The molecule has 3 aromatic rings. The molecule has 140 valence electrons. The Balaban J connectivity index is 1.22. The molecule has 4 nitrogen and oxygen atoms in total. The highest BCUT2D eigenvalue weighted by molar-refractivity contribution is 7.18. The Bertz CT molecular complexity index is 930. The first-order chi connectivity index (χ1) is 13.2. The lowest BCUT2D eigenvalue weighted by atomic mass is 9.78. The predicted molar refractivity (Wildman–Crippen MR) is 112 cm³/mol. The van der Waals surface area contributed by atoms with Gasteiger partial charge in [-0.2, -0.15) is 0 Å². The third-order valence-electron chi connectivity index (χ3n) is 6.20. The van der Waals surface area contributed by atoms with E-state index in [2.05, 4.69) is 63.5 Å². The van der Waals surface area contributed by atoms with Crippen molar-refractivity contribution in [1.82, 2.24) is 15.3 Å². The van der Waals surface area contributed by atoms with Crippen molar-refractivity contribution in [3.05, 3.63) is 53.2 Å². The van der Waals surface area contributed by atoms with E-state index in [1.165, 1.54) is 35.1 Å². The topological polar surface area (TPSA) is 41.0 Å². The second-order valence-electron chi connectivity index (χ2n) is 8.14. The number of aryl methyl sites for hydroxylation is 1. The second-order valence-corrected chi connectivity index (χ2v) is 9.26. The molecule has 0 radical (unpaired) electrons. The van der Waals surface area contributed by atoms with Crippen molar-refractivity contribution >= 4 is 27.4 Å².